The SMILES string of the molecule is COCCOCCOCCN(CC(C)(C)SSCCC(C(=O)ON1C(=O)CCC1=O)S(=O)(=O)O)c1cc(COc2cc3c(cc2OC)C(O)N2c4ccccc4C[C@H]2C=N3)cc(COc2cc3c(cc2OC)C(=O)N2c4ccccc4C[C@H]2CN3)c1. The molecule has 458 valence electrons. The number of nitrogens with one attached hydrogen (secondary N) is 1. The smallest absolute Gasteiger partial charge is 0.353 e. The second-order valence-corrected chi connectivity index (χ2v) is 26.5. The van der Waals surface area contributed by atoms with Crippen LogP contribution in [0.2, 0.25) is 0 Å². The van der Waals surface area contributed by atoms with Gasteiger partial charge in [-0.1, -0.05) is 58.0 Å². The lowest BCUT2D eigenvalue weighted by atomic mass is 10.1. The van der Waals surface area contributed by atoms with Crippen LogP contribution < -0.4 is 39.0 Å². The van der Waals surface area contributed by atoms with Crippen molar-refractivity contribution in [2.24, 2.45) is 4.99 Å². The Balaban J connectivity index is 0.923. The Morgan fingerprint density at radius 1 is 0.802 bits per heavy atom. The van der Waals surface area contributed by atoms with E-state index in [0.717, 1.165) is 45.7 Å². The minimum Gasteiger partial charge on any atom is -0.493 e. The Morgan fingerprint density at radius 2 is 1.44 bits per heavy atom. The number of carbonyl (C=O) groups is 4. The van der Waals surface area contributed by atoms with E-state index in [2.05, 4.69) is 22.3 Å². The van der Waals surface area contributed by atoms with Crippen molar-refractivity contribution >= 4 is 90.0 Å². The molecule has 0 saturated carbocycles. The highest BCUT2D eigenvalue weighted by molar-refractivity contribution is 8.77. The van der Waals surface area contributed by atoms with Crippen molar-refractivity contribution in [1.29, 1.82) is 0 Å². The number of rotatable bonds is 28. The molecular weight excluding hydrogens is 1170 g/mol. The molecule has 2 unspecified atom stereocenters. The average molecular weight is 1240 g/mol. The standard InChI is InChI=1S/C61H70N6O16S3/c1-61(2,85-84-23-16-55(86(73,74)75)60(72)83-67-56(68)14-15-57(67)69)37-64(17-18-79-21-22-80-20-19-76-3)42-25-38(35-81-53-31-47-45(29-51(53)77-4)58(70)65-43(33-62-47)27-40-10-6-8-12-49(40)65)24-39(26-42)36-82-54-32-48-46(30-52(54)78-5)59(71)66-44(34-63-48)28-41-11-7-9-13-50(41)66/h6-13,24-26,29-33,43-44,55,58,63,70H,14-23,27-28,34-37H2,1-5H3,(H,73,74,75)/t43-,44-,55?,58?/m0/s1. The van der Waals surface area contributed by atoms with Gasteiger partial charge in [0.05, 0.1) is 76.3 Å². The highest BCUT2D eigenvalue weighted by Gasteiger charge is 2.41. The van der Waals surface area contributed by atoms with Gasteiger partial charge in [0, 0.05) is 97.5 Å². The first-order valence-corrected chi connectivity index (χ1v) is 32.1. The molecule has 25 heteroatoms. The fourth-order valence-electron chi connectivity index (χ4n) is 11.1. The molecule has 1 fully saturated rings. The Hall–Kier alpha value is -7.10. The van der Waals surface area contributed by atoms with E-state index in [0.29, 0.717) is 105 Å². The van der Waals surface area contributed by atoms with E-state index in [1.807, 2.05) is 84.5 Å². The number of aliphatic imine (C=N–C) groups is 1. The molecule has 3 amide bonds. The molecule has 0 radical (unpaired) electrons. The predicted molar refractivity (Wildman–Crippen MR) is 327 cm³/mol. The number of hydroxylamine groups is 2. The Kier molecular flexibility index (Phi) is 19.7. The Bertz CT molecular complexity index is 3460. The lowest BCUT2D eigenvalue weighted by Gasteiger charge is -2.34. The number of anilines is 4. The van der Waals surface area contributed by atoms with Gasteiger partial charge in [-0.3, -0.25) is 23.9 Å². The summed E-state index contributed by atoms with van der Waals surface area (Å²) in [4.78, 5) is 67.3. The summed E-state index contributed by atoms with van der Waals surface area (Å²) in [5, 5.41) is 13.6. The van der Waals surface area contributed by atoms with Gasteiger partial charge >= 0.3 is 5.97 Å². The quantitative estimate of drug-likeness (QED) is 0.0186. The van der Waals surface area contributed by atoms with Gasteiger partial charge in [0.2, 0.25) is 0 Å². The normalized spacial score (nSPS) is 18.0. The number of fused-ring (bicyclic) bond motifs is 8. The van der Waals surface area contributed by atoms with Crippen LogP contribution in [0.3, 0.4) is 0 Å². The number of imide groups is 1. The van der Waals surface area contributed by atoms with E-state index in [1.54, 1.807) is 38.5 Å². The Labute approximate surface area is 507 Å². The molecule has 5 aromatic rings. The number of para-hydroxylation sites is 2. The molecule has 10 rings (SSSR count). The number of amides is 3. The second kappa shape index (κ2) is 27.3. The zero-order chi connectivity index (χ0) is 60.7. The van der Waals surface area contributed by atoms with Crippen molar-refractivity contribution < 1.29 is 75.3 Å². The first-order valence-electron chi connectivity index (χ1n) is 28.2. The van der Waals surface area contributed by atoms with E-state index < -0.39 is 44.1 Å². The van der Waals surface area contributed by atoms with E-state index in [9.17, 15) is 37.3 Å². The lowest BCUT2D eigenvalue weighted by molar-refractivity contribution is -0.197. The van der Waals surface area contributed by atoms with Crippen molar-refractivity contribution in [3.05, 3.63) is 124 Å². The molecule has 0 spiro atoms. The third kappa shape index (κ3) is 14.2. The van der Waals surface area contributed by atoms with Gasteiger partial charge < -0.3 is 63.1 Å². The predicted octanol–water partition coefficient (Wildman–Crippen LogP) is 7.90. The number of benzene rings is 5. The molecule has 0 aromatic heterocycles. The van der Waals surface area contributed by atoms with Crippen LogP contribution in [0.25, 0.3) is 0 Å². The van der Waals surface area contributed by atoms with Gasteiger partial charge in [-0.25, -0.2) is 4.79 Å². The maximum absolute atomic E-state index is 14.3. The zero-order valence-corrected chi connectivity index (χ0v) is 50.9. The lowest BCUT2D eigenvalue weighted by Crippen LogP contribution is -2.40. The van der Waals surface area contributed by atoms with Gasteiger partial charge in [0.15, 0.2) is 34.5 Å². The summed E-state index contributed by atoms with van der Waals surface area (Å²) in [6.07, 6.45) is 1.53. The topological polar surface area (TPSA) is 254 Å². The average Bonchev–Trinajstić information content (AvgIpc) is 1.77. The number of nitrogens with zero attached hydrogens (tertiary/aromatic N) is 5. The van der Waals surface area contributed by atoms with Gasteiger partial charge in [-0.05, 0) is 91.4 Å². The van der Waals surface area contributed by atoms with E-state index >= 15 is 0 Å². The van der Waals surface area contributed by atoms with Crippen molar-refractivity contribution in [1.82, 2.24) is 5.06 Å². The molecule has 1 saturated heterocycles. The molecule has 0 aliphatic carbocycles. The van der Waals surface area contributed by atoms with E-state index in [-0.39, 0.29) is 61.3 Å². The van der Waals surface area contributed by atoms with Crippen LogP contribution in [0, 0.1) is 0 Å². The van der Waals surface area contributed by atoms with Crippen LogP contribution in [-0.4, -0.2) is 155 Å². The third-order valence-corrected chi connectivity index (χ3v) is 19.7. The number of hydrogen-bond acceptors (Lipinski definition) is 21. The summed E-state index contributed by atoms with van der Waals surface area (Å²) in [7, 11) is 2.39. The molecule has 22 nitrogen and oxygen atoms in total. The van der Waals surface area contributed by atoms with Crippen LogP contribution in [0.4, 0.5) is 28.4 Å². The fraction of sp³-hybridized carbons (Fsp3) is 0.426. The summed E-state index contributed by atoms with van der Waals surface area (Å²) in [6.45, 7) is 7.26. The van der Waals surface area contributed by atoms with Crippen LogP contribution in [-0.2, 0) is 69.6 Å². The molecule has 5 aliphatic rings. The summed E-state index contributed by atoms with van der Waals surface area (Å²) in [6, 6.07) is 28.8. The van der Waals surface area contributed by atoms with Crippen LogP contribution in [0.15, 0.2) is 96.0 Å². The van der Waals surface area contributed by atoms with Gasteiger partial charge in [0.1, 0.15) is 13.2 Å². The summed E-state index contributed by atoms with van der Waals surface area (Å²) in [5.74, 6) is -1.50. The van der Waals surface area contributed by atoms with Crippen LogP contribution in [0.5, 0.6) is 23.0 Å². The number of hydrogen-bond donors (Lipinski definition) is 3. The van der Waals surface area contributed by atoms with Crippen LogP contribution in [0.1, 0.15) is 77.5 Å². The number of aliphatic hydroxyl groups excluding tert-OH is 1. The van der Waals surface area contributed by atoms with Crippen molar-refractivity contribution in [3.63, 3.8) is 0 Å². The summed E-state index contributed by atoms with van der Waals surface area (Å²) >= 11 is 0. The molecule has 0 bridgehead atoms. The van der Waals surface area contributed by atoms with E-state index in [1.165, 1.54) is 28.7 Å². The number of methoxy groups -OCH3 is 3. The third-order valence-electron chi connectivity index (χ3n) is 15.3. The number of ether oxygens (including phenoxy) is 7. The van der Waals surface area contributed by atoms with E-state index in [4.69, 9.17) is 43.0 Å². The van der Waals surface area contributed by atoms with Crippen molar-refractivity contribution in [2.45, 2.75) is 87.5 Å². The summed E-state index contributed by atoms with van der Waals surface area (Å²) in [5.41, 5.74) is 8.53. The molecule has 3 N–H and O–H groups in total. The van der Waals surface area contributed by atoms with Gasteiger partial charge in [-0.2, -0.15) is 8.42 Å². The zero-order valence-electron chi connectivity index (χ0n) is 48.4. The molecule has 5 heterocycles. The Morgan fingerprint density at radius 3 is 2.13 bits per heavy atom. The minimum atomic E-state index is -4.99. The maximum Gasteiger partial charge on any atom is 0.353 e. The number of carbonyl (C=O) groups excluding carboxylic acids is 4. The molecule has 4 atom stereocenters. The van der Waals surface area contributed by atoms with Crippen LogP contribution >= 0.6 is 21.6 Å². The minimum absolute atomic E-state index is 0.0496. The monoisotopic (exact) mass is 1240 g/mol. The molecule has 86 heavy (non-hydrogen) atoms. The molecule has 5 aromatic carbocycles. The highest BCUT2D eigenvalue weighted by atomic mass is 33.1. The summed E-state index contributed by atoms with van der Waals surface area (Å²) < 4.78 is 76.4. The second-order valence-electron chi connectivity index (χ2n) is 21.8. The molecular formula is C61H70N6O16S3. The van der Waals surface area contributed by atoms with Gasteiger partial charge in [-0.15, -0.1) is 5.06 Å². The highest BCUT2D eigenvalue weighted by Crippen LogP contribution is 2.46. The molecule has 5 aliphatic heterocycles. The van der Waals surface area contributed by atoms with Gasteiger partial charge in [0.25, 0.3) is 27.8 Å². The fourth-order valence-corrected chi connectivity index (χ4v) is 14.6. The first-order chi connectivity index (χ1) is 41.4. The first kappa shape index (κ1) is 62.0. The maximum atomic E-state index is 14.3. The number of aliphatic hydroxyl groups is 1. The van der Waals surface area contributed by atoms with Crippen molar-refractivity contribution in [3.8, 4) is 23.0 Å². The largest absolute Gasteiger partial charge is 0.493 e. The van der Waals surface area contributed by atoms with Crippen molar-refractivity contribution in [2.75, 3.05) is 99.8 Å².